The third-order valence-corrected chi connectivity index (χ3v) is 5.25. The lowest BCUT2D eigenvalue weighted by Gasteiger charge is -2.08. The largest absolute Gasteiger partial charge is 0.326 e. The molecule has 0 radical (unpaired) electrons. The highest BCUT2D eigenvalue weighted by atomic mass is 35.5. The van der Waals surface area contributed by atoms with Crippen LogP contribution in [0.15, 0.2) is 59.8 Å². The van der Waals surface area contributed by atoms with E-state index in [1.54, 1.807) is 4.68 Å². The number of para-hydroxylation sites is 1. The molecule has 0 saturated carbocycles. The van der Waals surface area contributed by atoms with Crippen molar-refractivity contribution in [3.05, 3.63) is 65.3 Å². The van der Waals surface area contributed by atoms with Crippen molar-refractivity contribution in [1.82, 2.24) is 25.2 Å². The lowest BCUT2D eigenvalue weighted by atomic mass is 10.2. The highest BCUT2D eigenvalue weighted by Gasteiger charge is 2.12. The van der Waals surface area contributed by atoms with Gasteiger partial charge in [0.1, 0.15) is 5.15 Å². The number of anilines is 1. The first-order chi connectivity index (χ1) is 13.6. The van der Waals surface area contributed by atoms with Crippen LogP contribution >= 0.6 is 23.4 Å². The maximum atomic E-state index is 11.3. The van der Waals surface area contributed by atoms with Crippen LogP contribution in [0.1, 0.15) is 12.5 Å². The van der Waals surface area contributed by atoms with E-state index in [0.29, 0.717) is 21.7 Å². The molecule has 0 spiro atoms. The average Bonchev–Trinajstić information content (AvgIpc) is 3.14. The van der Waals surface area contributed by atoms with Gasteiger partial charge in [-0.2, -0.15) is 4.68 Å². The number of hydrogen-bond donors (Lipinski definition) is 1. The van der Waals surface area contributed by atoms with Crippen LogP contribution in [0.3, 0.4) is 0 Å². The van der Waals surface area contributed by atoms with Crippen LogP contribution in [0.2, 0.25) is 5.15 Å². The monoisotopic (exact) mass is 410 g/mol. The van der Waals surface area contributed by atoms with Gasteiger partial charge in [-0.3, -0.25) is 4.79 Å². The van der Waals surface area contributed by atoms with Crippen LogP contribution in [-0.2, 0) is 10.5 Å². The first kappa shape index (κ1) is 18.4. The third-order valence-electron chi connectivity index (χ3n) is 3.96. The number of aromatic nitrogens is 5. The Morgan fingerprint density at radius 1 is 1.18 bits per heavy atom. The Balaban J connectivity index is 1.57. The fraction of sp³-hybridized carbons (Fsp3) is 0.105. The molecule has 0 aliphatic rings. The zero-order chi connectivity index (χ0) is 19.5. The van der Waals surface area contributed by atoms with Crippen molar-refractivity contribution in [2.75, 3.05) is 5.32 Å². The van der Waals surface area contributed by atoms with E-state index in [2.05, 4.69) is 25.8 Å². The van der Waals surface area contributed by atoms with Crippen molar-refractivity contribution in [1.29, 1.82) is 0 Å². The average molecular weight is 411 g/mol. The molecule has 4 rings (SSSR count). The number of tetrazole rings is 1. The number of halogens is 1. The maximum absolute atomic E-state index is 11.3. The van der Waals surface area contributed by atoms with Crippen molar-refractivity contribution >= 4 is 45.9 Å². The maximum Gasteiger partial charge on any atom is 0.221 e. The second-order valence-electron chi connectivity index (χ2n) is 6.02. The summed E-state index contributed by atoms with van der Waals surface area (Å²) in [5, 5.41) is 16.8. The molecule has 2 heterocycles. The van der Waals surface area contributed by atoms with Gasteiger partial charge in [-0.15, -0.1) is 5.10 Å². The number of pyridine rings is 1. The van der Waals surface area contributed by atoms with E-state index >= 15 is 0 Å². The van der Waals surface area contributed by atoms with Crippen LogP contribution in [0.5, 0.6) is 0 Å². The highest BCUT2D eigenvalue weighted by molar-refractivity contribution is 7.98. The summed E-state index contributed by atoms with van der Waals surface area (Å²) >= 11 is 7.81. The van der Waals surface area contributed by atoms with Gasteiger partial charge in [0.15, 0.2) is 0 Å². The number of thioether (sulfide) groups is 1. The lowest BCUT2D eigenvalue weighted by Crippen LogP contribution is -2.07. The van der Waals surface area contributed by atoms with Gasteiger partial charge in [0.25, 0.3) is 0 Å². The zero-order valence-corrected chi connectivity index (χ0v) is 16.4. The lowest BCUT2D eigenvalue weighted by molar-refractivity contribution is -0.114. The molecule has 4 aromatic rings. The summed E-state index contributed by atoms with van der Waals surface area (Å²) in [4.78, 5) is 15.7. The normalized spacial score (nSPS) is 10.9. The Morgan fingerprint density at radius 2 is 2.04 bits per heavy atom. The fourth-order valence-electron chi connectivity index (χ4n) is 2.73. The summed E-state index contributed by atoms with van der Waals surface area (Å²) in [6, 6.07) is 17.2. The van der Waals surface area contributed by atoms with E-state index in [4.69, 9.17) is 11.6 Å². The number of fused-ring (bicyclic) bond motifs is 1. The number of benzene rings is 2. The zero-order valence-electron chi connectivity index (χ0n) is 14.8. The number of nitrogens with one attached hydrogen (secondary N) is 1. The molecule has 1 amide bonds. The summed E-state index contributed by atoms with van der Waals surface area (Å²) in [6.07, 6.45) is 0. The summed E-state index contributed by atoms with van der Waals surface area (Å²) in [7, 11) is 0. The quantitative estimate of drug-likeness (QED) is 0.393. The molecule has 9 heteroatoms. The summed E-state index contributed by atoms with van der Waals surface area (Å²) in [5.74, 6) is 0.435. The Labute approximate surface area is 170 Å². The molecule has 140 valence electrons. The van der Waals surface area contributed by atoms with Crippen LogP contribution in [0.4, 0.5) is 5.69 Å². The number of rotatable bonds is 5. The Hall–Kier alpha value is -2.97. The number of amides is 1. The van der Waals surface area contributed by atoms with E-state index in [-0.39, 0.29) is 5.91 Å². The van der Waals surface area contributed by atoms with Crippen molar-refractivity contribution < 1.29 is 4.79 Å². The minimum atomic E-state index is -0.137. The summed E-state index contributed by atoms with van der Waals surface area (Å²) in [6.45, 7) is 1.46. The number of nitrogens with zero attached hydrogens (tertiary/aromatic N) is 5. The van der Waals surface area contributed by atoms with Gasteiger partial charge in [-0.1, -0.05) is 47.6 Å². The van der Waals surface area contributed by atoms with Crippen molar-refractivity contribution in [2.24, 2.45) is 0 Å². The highest BCUT2D eigenvalue weighted by Crippen LogP contribution is 2.28. The fourth-order valence-corrected chi connectivity index (χ4v) is 3.88. The topological polar surface area (TPSA) is 85.6 Å². The van der Waals surface area contributed by atoms with Gasteiger partial charge in [0, 0.05) is 29.3 Å². The summed E-state index contributed by atoms with van der Waals surface area (Å²) in [5.41, 5.74) is 3.20. The molecule has 0 unspecified atom stereocenters. The minimum absolute atomic E-state index is 0.137. The first-order valence-electron chi connectivity index (χ1n) is 8.43. The second kappa shape index (κ2) is 7.95. The molecule has 2 aromatic heterocycles. The Morgan fingerprint density at radius 3 is 2.89 bits per heavy atom. The molecule has 1 N–H and O–H groups in total. The van der Waals surface area contributed by atoms with Crippen molar-refractivity contribution in [3.63, 3.8) is 0 Å². The van der Waals surface area contributed by atoms with Gasteiger partial charge in [-0.25, -0.2) is 4.98 Å². The van der Waals surface area contributed by atoms with Gasteiger partial charge >= 0.3 is 0 Å². The molecule has 0 atom stereocenters. The minimum Gasteiger partial charge on any atom is -0.326 e. The van der Waals surface area contributed by atoms with E-state index in [9.17, 15) is 4.79 Å². The van der Waals surface area contributed by atoms with E-state index in [0.717, 1.165) is 22.2 Å². The molecular weight excluding hydrogens is 396 g/mol. The molecular formula is C19H15ClN6OS. The Bertz CT molecular complexity index is 1160. The van der Waals surface area contributed by atoms with Crippen molar-refractivity contribution in [3.8, 4) is 5.69 Å². The number of carbonyl (C=O) groups is 1. The molecule has 7 nitrogen and oxygen atoms in total. The predicted molar refractivity (Wildman–Crippen MR) is 110 cm³/mol. The summed E-state index contributed by atoms with van der Waals surface area (Å²) < 4.78 is 1.62. The smallest absolute Gasteiger partial charge is 0.221 e. The molecule has 0 aliphatic carbocycles. The second-order valence-corrected chi connectivity index (χ2v) is 7.32. The SMILES string of the molecule is CC(=O)Nc1cccc(-n2nnnc2SCc2cc3ccccc3nc2Cl)c1. The van der Waals surface area contributed by atoms with Crippen LogP contribution < -0.4 is 5.32 Å². The van der Waals surface area contributed by atoms with E-state index in [1.807, 2.05) is 54.6 Å². The van der Waals surface area contributed by atoms with Gasteiger partial charge in [0.05, 0.1) is 11.2 Å². The first-order valence-corrected chi connectivity index (χ1v) is 9.80. The molecule has 28 heavy (non-hydrogen) atoms. The van der Waals surface area contributed by atoms with Crippen LogP contribution in [0.25, 0.3) is 16.6 Å². The van der Waals surface area contributed by atoms with Gasteiger partial charge in [0.2, 0.25) is 11.1 Å². The van der Waals surface area contributed by atoms with Crippen molar-refractivity contribution in [2.45, 2.75) is 17.8 Å². The van der Waals surface area contributed by atoms with Crippen LogP contribution in [0, 0.1) is 0 Å². The molecule has 2 aromatic carbocycles. The van der Waals surface area contributed by atoms with Gasteiger partial charge in [-0.05, 0) is 40.8 Å². The van der Waals surface area contributed by atoms with Gasteiger partial charge < -0.3 is 5.32 Å². The molecule has 0 bridgehead atoms. The standard InChI is InChI=1S/C19H15ClN6OS/c1-12(27)21-15-6-4-7-16(10-15)26-19(23-24-25-26)28-11-14-9-13-5-2-3-8-17(13)22-18(14)20/h2-10H,11H2,1H3,(H,21,27). The Kier molecular flexibility index (Phi) is 5.23. The van der Waals surface area contributed by atoms with E-state index < -0.39 is 0 Å². The van der Waals surface area contributed by atoms with Crippen LogP contribution in [-0.4, -0.2) is 31.1 Å². The molecule has 0 aliphatic heterocycles. The molecule has 0 fully saturated rings. The molecule has 0 saturated heterocycles. The number of carbonyl (C=O) groups excluding carboxylic acids is 1. The van der Waals surface area contributed by atoms with E-state index in [1.165, 1.54) is 18.7 Å². The predicted octanol–water partition coefficient (Wildman–Crippen LogP) is 4.11. The third kappa shape index (κ3) is 3.97. The number of hydrogen-bond acceptors (Lipinski definition) is 6.